The number of anilines is 1. The number of carboxylic acid groups (broad SMARTS) is 2. The van der Waals surface area contributed by atoms with Crippen molar-refractivity contribution < 1.29 is 37.8 Å². The molecule has 1 aromatic rings. The Morgan fingerprint density at radius 2 is 2.04 bits per heavy atom. The fourth-order valence-electron chi connectivity index (χ4n) is 2.64. The number of fused-ring (bicyclic) bond motifs is 1. The highest BCUT2D eigenvalue weighted by atomic mass is 32.2. The molecule has 1 amide bonds. The van der Waals surface area contributed by atoms with Crippen LogP contribution in [0.1, 0.15) is 31.7 Å². The highest BCUT2D eigenvalue weighted by Crippen LogP contribution is 2.31. The predicted octanol–water partition coefficient (Wildman–Crippen LogP) is 0.576. The van der Waals surface area contributed by atoms with Crippen LogP contribution in [0.2, 0.25) is 0 Å². The molecule has 2 atom stereocenters. The number of ether oxygens (including phenoxy) is 1. The number of carbonyl (C=O) groups excluding carboxylic acids is 1. The average molecular weight is 414 g/mol. The number of hydrogen-bond donors (Lipinski definition) is 4. The lowest BCUT2D eigenvalue weighted by Gasteiger charge is -2.25. The summed E-state index contributed by atoms with van der Waals surface area (Å²) in [5.41, 5.74) is 0.729. The molecule has 0 aromatic heterocycles. The van der Waals surface area contributed by atoms with Gasteiger partial charge in [0, 0.05) is 0 Å². The van der Waals surface area contributed by atoms with E-state index in [2.05, 4.69) is 10.0 Å². The van der Waals surface area contributed by atoms with Crippen LogP contribution in [0, 0.1) is 0 Å². The maximum absolute atomic E-state index is 12.0. The summed E-state index contributed by atoms with van der Waals surface area (Å²) in [6, 6.07) is 3.12. The van der Waals surface area contributed by atoms with Gasteiger partial charge in [-0.1, -0.05) is 19.4 Å². The van der Waals surface area contributed by atoms with E-state index in [1.165, 1.54) is 18.2 Å². The molecule has 0 saturated carbocycles. The van der Waals surface area contributed by atoms with E-state index in [4.69, 9.17) is 9.84 Å². The standard InChI is InChI=1S/C17H22N2O8S/c1-2-3-6-28(25,26)19-12(17(23)24)8-10-4-5-13-11(7-10)18-16(22)14(27-13)9-15(20)21/h4-5,7,12,14,19H,2-3,6,8-9H2,1H3,(H,18,22)(H,20,21)(H,23,24)/t12-,14?/m0/s1. The number of rotatable bonds is 10. The first-order valence-corrected chi connectivity index (χ1v) is 10.3. The molecule has 0 spiro atoms. The van der Waals surface area contributed by atoms with Crippen LogP contribution >= 0.6 is 0 Å². The Morgan fingerprint density at radius 3 is 2.64 bits per heavy atom. The van der Waals surface area contributed by atoms with Crippen molar-refractivity contribution in [3.05, 3.63) is 23.8 Å². The normalized spacial score (nSPS) is 17.2. The van der Waals surface area contributed by atoms with Gasteiger partial charge in [-0.2, -0.15) is 0 Å². The molecule has 0 saturated heterocycles. The molecule has 1 heterocycles. The molecular formula is C17H22N2O8S. The molecule has 0 radical (unpaired) electrons. The van der Waals surface area contributed by atoms with Gasteiger partial charge in [0.25, 0.3) is 5.91 Å². The van der Waals surface area contributed by atoms with Gasteiger partial charge in [0.05, 0.1) is 17.9 Å². The molecule has 1 aliphatic heterocycles. The van der Waals surface area contributed by atoms with Crippen LogP contribution in [0.5, 0.6) is 5.75 Å². The smallest absolute Gasteiger partial charge is 0.322 e. The van der Waals surface area contributed by atoms with Gasteiger partial charge in [0.1, 0.15) is 11.8 Å². The zero-order valence-electron chi connectivity index (χ0n) is 15.2. The van der Waals surface area contributed by atoms with Crippen LogP contribution in [0.3, 0.4) is 0 Å². The summed E-state index contributed by atoms with van der Waals surface area (Å²) in [6.45, 7) is 1.83. The average Bonchev–Trinajstić information content (AvgIpc) is 2.59. The van der Waals surface area contributed by atoms with E-state index in [-0.39, 0.29) is 23.6 Å². The van der Waals surface area contributed by atoms with Gasteiger partial charge in [0.15, 0.2) is 6.10 Å². The van der Waals surface area contributed by atoms with Crippen LogP contribution in [0.4, 0.5) is 5.69 Å². The number of aliphatic carboxylic acids is 2. The highest BCUT2D eigenvalue weighted by molar-refractivity contribution is 7.89. The van der Waals surface area contributed by atoms with Gasteiger partial charge in [-0.05, 0) is 30.5 Å². The van der Waals surface area contributed by atoms with Crippen molar-refractivity contribution in [3.63, 3.8) is 0 Å². The number of benzene rings is 1. The third-order valence-electron chi connectivity index (χ3n) is 4.05. The first-order chi connectivity index (χ1) is 13.1. The molecule has 0 bridgehead atoms. The number of nitrogens with one attached hydrogen (secondary N) is 2. The second-order valence-corrected chi connectivity index (χ2v) is 8.28. The fraction of sp³-hybridized carbons (Fsp3) is 0.471. The molecule has 2 rings (SSSR count). The minimum Gasteiger partial charge on any atom is -0.481 e. The van der Waals surface area contributed by atoms with Crippen molar-refractivity contribution in [2.24, 2.45) is 0 Å². The number of hydrogen-bond acceptors (Lipinski definition) is 6. The van der Waals surface area contributed by atoms with E-state index in [0.29, 0.717) is 18.4 Å². The fourth-order valence-corrected chi connectivity index (χ4v) is 4.05. The van der Waals surface area contributed by atoms with Gasteiger partial charge >= 0.3 is 11.9 Å². The Hall–Kier alpha value is -2.66. The first kappa shape index (κ1) is 21.6. The molecule has 28 heavy (non-hydrogen) atoms. The monoisotopic (exact) mass is 414 g/mol. The Balaban J connectivity index is 2.13. The van der Waals surface area contributed by atoms with Gasteiger partial charge in [-0.15, -0.1) is 0 Å². The zero-order valence-corrected chi connectivity index (χ0v) is 16.0. The van der Waals surface area contributed by atoms with Crippen molar-refractivity contribution in [1.82, 2.24) is 4.72 Å². The van der Waals surface area contributed by atoms with Crippen LogP contribution in [0.25, 0.3) is 0 Å². The van der Waals surface area contributed by atoms with Crippen LogP contribution < -0.4 is 14.8 Å². The molecule has 154 valence electrons. The van der Waals surface area contributed by atoms with Gasteiger partial charge in [-0.3, -0.25) is 14.4 Å². The lowest BCUT2D eigenvalue weighted by molar-refractivity contribution is -0.142. The minimum absolute atomic E-state index is 0.137. The summed E-state index contributed by atoms with van der Waals surface area (Å²) in [4.78, 5) is 34.2. The van der Waals surface area contributed by atoms with E-state index in [0.717, 1.165) is 0 Å². The maximum Gasteiger partial charge on any atom is 0.322 e. The third kappa shape index (κ3) is 5.92. The lowest BCUT2D eigenvalue weighted by Crippen LogP contribution is -2.43. The molecule has 4 N–H and O–H groups in total. The topological polar surface area (TPSA) is 159 Å². The quantitative estimate of drug-likeness (QED) is 0.432. The third-order valence-corrected chi connectivity index (χ3v) is 5.52. The van der Waals surface area contributed by atoms with Crippen LogP contribution in [-0.2, 0) is 30.8 Å². The van der Waals surface area contributed by atoms with E-state index in [1.807, 2.05) is 6.92 Å². The maximum atomic E-state index is 12.0. The summed E-state index contributed by atoms with van der Waals surface area (Å²) in [5, 5.41) is 20.7. The van der Waals surface area contributed by atoms with E-state index in [9.17, 15) is 27.9 Å². The molecule has 1 unspecified atom stereocenters. The Kier molecular flexibility index (Phi) is 6.97. The molecule has 0 aliphatic carbocycles. The van der Waals surface area contributed by atoms with Crippen molar-refractivity contribution in [2.45, 2.75) is 44.8 Å². The molecule has 11 heteroatoms. The lowest BCUT2D eigenvalue weighted by atomic mass is 10.0. The van der Waals surface area contributed by atoms with Crippen LogP contribution in [0.15, 0.2) is 18.2 Å². The summed E-state index contributed by atoms with van der Waals surface area (Å²) in [7, 11) is -3.73. The Labute approximate surface area is 161 Å². The summed E-state index contributed by atoms with van der Waals surface area (Å²) >= 11 is 0. The number of amides is 1. The Morgan fingerprint density at radius 1 is 1.32 bits per heavy atom. The predicted molar refractivity (Wildman–Crippen MR) is 98.7 cm³/mol. The zero-order chi connectivity index (χ0) is 20.9. The van der Waals surface area contributed by atoms with Crippen molar-refractivity contribution in [3.8, 4) is 5.75 Å². The summed E-state index contributed by atoms with van der Waals surface area (Å²) < 4.78 is 31.5. The molecule has 1 aromatic carbocycles. The van der Waals surface area contributed by atoms with Crippen molar-refractivity contribution >= 4 is 33.6 Å². The van der Waals surface area contributed by atoms with E-state index < -0.39 is 46.4 Å². The SMILES string of the molecule is CCCCS(=O)(=O)N[C@@H](Cc1ccc2c(c1)NC(=O)C(CC(=O)O)O2)C(=O)O. The van der Waals surface area contributed by atoms with Crippen LogP contribution in [-0.4, -0.2) is 54.4 Å². The van der Waals surface area contributed by atoms with E-state index in [1.54, 1.807) is 0 Å². The van der Waals surface area contributed by atoms with Gasteiger partial charge in [0.2, 0.25) is 10.0 Å². The molecular weight excluding hydrogens is 392 g/mol. The molecule has 0 fully saturated rings. The number of unbranched alkanes of at least 4 members (excludes halogenated alkanes) is 1. The number of sulfonamides is 1. The number of carbonyl (C=O) groups is 3. The molecule has 10 nitrogen and oxygen atoms in total. The summed E-state index contributed by atoms with van der Waals surface area (Å²) in [6.07, 6.45) is -0.711. The first-order valence-electron chi connectivity index (χ1n) is 8.66. The summed E-state index contributed by atoms with van der Waals surface area (Å²) in [5.74, 6) is -3.03. The second kappa shape index (κ2) is 9.02. The Bertz CT molecular complexity index is 868. The minimum atomic E-state index is -3.73. The van der Waals surface area contributed by atoms with E-state index >= 15 is 0 Å². The van der Waals surface area contributed by atoms with Crippen molar-refractivity contribution in [1.29, 1.82) is 0 Å². The molecule has 1 aliphatic rings. The second-order valence-electron chi connectivity index (χ2n) is 6.41. The largest absolute Gasteiger partial charge is 0.481 e. The van der Waals surface area contributed by atoms with Gasteiger partial charge < -0.3 is 20.3 Å². The van der Waals surface area contributed by atoms with Crippen molar-refractivity contribution in [2.75, 3.05) is 11.1 Å². The highest BCUT2D eigenvalue weighted by Gasteiger charge is 2.30. The number of carboxylic acids is 2. The van der Waals surface area contributed by atoms with Gasteiger partial charge in [-0.25, -0.2) is 13.1 Å².